The van der Waals surface area contributed by atoms with Gasteiger partial charge < -0.3 is 4.74 Å². The maximum absolute atomic E-state index is 5.50. The van der Waals surface area contributed by atoms with E-state index >= 15 is 0 Å². The first-order chi connectivity index (χ1) is 5.74. The van der Waals surface area contributed by atoms with Crippen LogP contribution in [-0.2, 0) is 4.74 Å². The minimum atomic E-state index is 0.573. The quantitative estimate of drug-likeness (QED) is 0.469. The molecule has 1 saturated heterocycles. The van der Waals surface area contributed by atoms with E-state index in [-0.39, 0.29) is 0 Å². The Kier molecular flexibility index (Phi) is 3.76. The standard InChI is InChI=1S/C10H19NO/c1-4-5-12-8-10-6-9(2)7-11(10)3/h10H,2,4-8H2,1,3H3. The summed E-state index contributed by atoms with van der Waals surface area (Å²) >= 11 is 0. The number of likely N-dealkylation sites (N-methyl/N-ethyl adjacent to an activating group) is 1. The third-order valence-electron chi connectivity index (χ3n) is 2.28. The summed E-state index contributed by atoms with van der Waals surface area (Å²) in [5, 5.41) is 0. The Morgan fingerprint density at radius 2 is 2.42 bits per heavy atom. The maximum Gasteiger partial charge on any atom is 0.0624 e. The van der Waals surface area contributed by atoms with Gasteiger partial charge in [-0.1, -0.05) is 19.1 Å². The van der Waals surface area contributed by atoms with Gasteiger partial charge in [0.25, 0.3) is 0 Å². The average Bonchev–Trinajstić information content (AvgIpc) is 2.31. The van der Waals surface area contributed by atoms with Crippen LogP contribution < -0.4 is 0 Å². The molecule has 12 heavy (non-hydrogen) atoms. The van der Waals surface area contributed by atoms with Crippen molar-refractivity contribution in [3.8, 4) is 0 Å². The van der Waals surface area contributed by atoms with Crippen LogP contribution in [0.2, 0.25) is 0 Å². The second kappa shape index (κ2) is 4.63. The van der Waals surface area contributed by atoms with E-state index in [1.807, 2.05) is 0 Å². The lowest BCUT2D eigenvalue weighted by Crippen LogP contribution is -2.29. The van der Waals surface area contributed by atoms with Crippen LogP contribution in [0, 0.1) is 0 Å². The van der Waals surface area contributed by atoms with E-state index in [1.54, 1.807) is 0 Å². The molecule has 0 aromatic carbocycles. The molecular formula is C10H19NO. The first-order valence-corrected chi connectivity index (χ1v) is 4.68. The smallest absolute Gasteiger partial charge is 0.0624 e. The predicted octanol–water partition coefficient (Wildman–Crippen LogP) is 1.67. The molecule has 0 bridgehead atoms. The van der Waals surface area contributed by atoms with Crippen molar-refractivity contribution >= 4 is 0 Å². The van der Waals surface area contributed by atoms with Crippen molar-refractivity contribution in [3.63, 3.8) is 0 Å². The van der Waals surface area contributed by atoms with Gasteiger partial charge in [0, 0.05) is 19.2 Å². The van der Waals surface area contributed by atoms with Gasteiger partial charge in [-0.25, -0.2) is 0 Å². The van der Waals surface area contributed by atoms with Crippen molar-refractivity contribution < 1.29 is 4.74 Å². The number of hydrogen-bond acceptors (Lipinski definition) is 2. The minimum absolute atomic E-state index is 0.573. The summed E-state index contributed by atoms with van der Waals surface area (Å²) in [4.78, 5) is 2.32. The van der Waals surface area contributed by atoms with Crippen molar-refractivity contribution in [2.45, 2.75) is 25.8 Å². The Labute approximate surface area is 75.2 Å². The molecule has 1 rings (SSSR count). The maximum atomic E-state index is 5.50. The van der Waals surface area contributed by atoms with Crippen LogP contribution in [0.4, 0.5) is 0 Å². The summed E-state index contributed by atoms with van der Waals surface area (Å²) in [7, 11) is 2.14. The highest BCUT2D eigenvalue weighted by atomic mass is 16.5. The van der Waals surface area contributed by atoms with E-state index < -0.39 is 0 Å². The van der Waals surface area contributed by atoms with Crippen LogP contribution >= 0.6 is 0 Å². The Bertz CT molecular complexity index is 156. The zero-order valence-corrected chi connectivity index (χ0v) is 8.18. The highest BCUT2D eigenvalue weighted by Gasteiger charge is 2.23. The van der Waals surface area contributed by atoms with Gasteiger partial charge in [-0.05, 0) is 19.9 Å². The molecule has 1 atom stereocenters. The molecule has 1 aliphatic rings. The molecular weight excluding hydrogens is 150 g/mol. The highest BCUT2D eigenvalue weighted by Crippen LogP contribution is 2.18. The van der Waals surface area contributed by atoms with Crippen LogP contribution in [0.5, 0.6) is 0 Å². The first-order valence-electron chi connectivity index (χ1n) is 4.68. The summed E-state index contributed by atoms with van der Waals surface area (Å²) in [6, 6.07) is 0.573. The predicted molar refractivity (Wildman–Crippen MR) is 51.3 cm³/mol. The molecule has 0 saturated carbocycles. The van der Waals surface area contributed by atoms with E-state index in [9.17, 15) is 0 Å². The molecule has 2 nitrogen and oxygen atoms in total. The van der Waals surface area contributed by atoms with Crippen LogP contribution in [-0.4, -0.2) is 37.7 Å². The van der Waals surface area contributed by atoms with E-state index in [1.165, 1.54) is 5.57 Å². The Morgan fingerprint density at radius 3 is 2.92 bits per heavy atom. The Morgan fingerprint density at radius 1 is 1.67 bits per heavy atom. The summed E-state index contributed by atoms with van der Waals surface area (Å²) in [6.07, 6.45) is 2.22. The van der Waals surface area contributed by atoms with Gasteiger partial charge in [0.15, 0.2) is 0 Å². The second-order valence-electron chi connectivity index (χ2n) is 3.60. The molecule has 0 radical (unpaired) electrons. The lowest BCUT2D eigenvalue weighted by molar-refractivity contribution is 0.0863. The summed E-state index contributed by atoms with van der Waals surface area (Å²) in [5.41, 5.74) is 1.34. The normalized spacial score (nSPS) is 25.2. The summed E-state index contributed by atoms with van der Waals surface area (Å²) in [5.74, 6) is 0. The Hall–Kier alpha value is -0.340. The van der Waals surface area contributed by atoms with Gasteiger partial charge in [-0.3, -0.25) is 4.90 Å². The van der Waals surface area contributed by atoms with Crippen LogP contribution in [0.25, 0.3) is 0 Å². The molecule has 1 aliphatic heterocycles. The van der Waals surface area contributed by atoms with Gasteiger partial charge >= 0.3 is 0 Å². The number of likely N-dealkylation sites (tertiary alicyclic amines) is 1. The van der Waals surface area contributed by atoms with E-state index in [2.05, 4.69) is 25.5 Å². The van der Waals surface area contributed by atoms with Crippen molar-refractivity contribution in [2.24, 2.45) is 0 Å². The lowest BCUT2D eigenvalue weighted by atomic mass is 10.2. The Balaban J connectivity index is 2.19. The van der Waals surface area contributed by atoms with Gasteiger partial charge in [0.2, 0.25) is 0 Å². The molecule has 2 heteroatoms. The van der Waals surface area contributed by atoms with Crippen molar-refractivity contribution in [3.05, 3.63) is 12.2 Å². The second-order valence-corrected chi connectivity index (χ2v) is 3.60. The molecule has 1 heterocycles. The van der Waals surface area contributed by atoms with E-state index in [0.29, 0.717) is 6.04 Å². The fourth-order valence-electron chi connectivity index (χ4n) is 1.59. The molecule has 0 aliphatic carbocycles. The van der Waals surface area contributed by atoms with Crippen LogP contribution in [0.3, 0.4) is 0 Å². The topological polar surface area (TPSA) is 12.5 Å². The third-order valence-corrected chi connectivity index (χ3v) is 2.28. The number of rotatable bonds is 4. The van der Waals surface area contributed by atoms with Crippen molar-refractivity contribution in [1.82, 2.24) is 4.90 Å². The van der Waals surface area contributed by atoms with Gasteiger partial charge in [-0.15, -0.1) is 0 Å². The first kappa shape index (κ1) is 9.75. The average molecular weight is 169 g/mol. The summed E-state index contributed by atoms with van der Waals surface area (Å²) in [6.45, 7) is 8.91. The molecule has 0 spiro atoms. The van der Waals surface area contributed by atoms with Gasteiger partial charge in [0.05, 0.1) is 6.61 Å². The SMILES string of the molecule is C=C1CC(COCCC)N(C)C1. The van der Waals surface area contributed by atoms with E-state index in [4.69, 9.17) is 4.74 Å². The largest absolute Gasteiger partial charge is 0.380 e. The van der Waals surface area contributed by atoms with Crippen LogP contribution in [0.15, 0.2) is 12.2 Å². The van der Waals surface area contributed by atoms with E-state index in [0.717, 1.165) is 32.6 Å². The zero-order valence-electron chi connectivity index (χ0n) is 8.18. The van der Waals surface area contributed by atoms with Crippen molar-refractivity contribution in [1.29, 1.82) is 0 Å². The number of nitrogens with zero attached hydrogens (tertiary/aromatic N) is 1. The monoisotopic (exact) mass is 169 g/mol. The molecule has 1 fully saturated rings. The lowest BCUT2D eigenvalue weighted by Gasteiger charge is -2.18. The van der Waals surface area contributed by atoms with Gasteiger partial charge in [-0.2, -0.15) is 0 Å². The zero-order chi connectivity index (χ0) is 8.97. The molecule has 70 valence electrons. The minimum Gasteiger partial charge on any atom is -0.380 e. The van der Waals surface area contributed by atoms with Crippen molar-refractivity contribution in [2.75, 3.05) is 26.8 Å². The highest BCUT2D eigenvalue weighted by molar-refractivity contribution is 5.07. The summed E-state index contributed by atoms with van der Waals surface area (Å²) < 4.78 is 5.50. The third kappa shape index (κ3) is 2.61. The number of hydrogen-bond donors (Lipinski definition) is 0. The fourth-order valence-corrected chi connectivity index (χ4v) is 1.59. The molecule has 0 amide bonds. The van der Waals surface area contributed by atoms with Crippen LogP contribution in [0.1, 0.15) is 19.8 Å². The number of ether oxygens (including phenoxy) is 1. The van der Waals surface area contributed by atoms with Gasteiger partial charge in [0.1, 0.15) is 0 Å². The molecule has 1 unspecified atom stereocenters. The molecule has 0 aromatic rings. The fraction of sp³-hybridized carbons (Fsp3) is 0.800. The molecule has 0 aromatic heterocycles. The molecule has 0 N–H and O–H groups in total.